The number of halogens is 5. The van der Waals surface area contributed by atoms with Crippen molar-refractivity contribution in [1.29, 1.82) is 0 Å². The molecule has 1 aromatic carbocycles. The number of carbonyl (C=O) groups is 1. The fourth-order valence-corrected chi connectivity index (χ4v) is 3.49. The maximum atomic E-state index is 14.1. The van der Waals surface area contributed by atoms with Gasteiger partial charge in [0.05, 0.1) is 11.7 Å². The number of ether oxygens (including phenoxy) is 3. The Morgan fingerprint density at radius 3 is 2.46 bits per heavy atom. The van der Waals surface area contributed by atoms with Crippen molar-refractivity contribution in [1.82, 2.24) is 0 Å². The highest BCUT2D eigenvalue weighted by atomic mass is 127. The number of rotatable bonds is 5. The van der Waals surface area contributed by atoms with Crippen molar-refractivity contribution in [2.24, 2.45) is 0 Å². The van der Waals surface area contributed by atoms with E-state index in [2.05, 4.69) is 0 Å². The standard InChI is InChI=1S/C19H17F4IO4/c1-9-14(20)16(22)18(17(23)15(9)21)28-13-5-4-10(24)7-12(13)19(25)27-8-11-3-2-6-26-11/h7,11H,2-6,8H2,1H3. The first-order chi connectivity index (χ1) is 13.3. The predicted octanol–water partition coefficient (Wildman–Crippen LogP) is 5.02. The summed E-state index contributed by atoms with van der Waals surface area (Å²) < 4.78 is 72.4. The highest BCUT2D eigenvalue weighted by Crippen LogP contribution is 2.35. The number of hydrogen-bond acceptors (Lipinski definition) is 4. The lowest BCUT2D eigenvalue weighted by Crippen LogP contribution is -2.21. The first kappa shape index (κ1) is 21.1. The van der Waals surface area contributed by atoms with Gasteiger partial charge in [0.2, 0.25) is 17.4 Å². The Kier molecular flexibility index (Phi) is 6.64. The van der Waals surface area contributed by atoms with E-state index in [1.807, 2.05) is 22.6 Å². The van der Waals surface area contributed by atoms with Crippen LogP contribution >= 0.6 is 22.6 Å². The predicted molar refractivity (Wildman–Crippen MR) is 99.9 cm³/mol. The molecule has 1 saturated heterocycles. The summed E-state index contributed by atoms with van der Waals surface area (Å²) in [5, 5.41) is 0. The minimum absolute atomic E-state index is 0.0382. The zero-order valence-corrected chi connectivity index (χ0v) is 17.1. The number of benzene rings is 1. The molecule has 1 aromatic rings. The van der Waals surface area contributed by atoms with E-state index < -0.39 is 40.6 Å². The third kappa shape index (κ3) is 4.35. The van der Waals surface area contributed by atoms with Gasteiger partial charge in [-0.05, 0) is 58.4 Å². The smallest absolute Gasteiger partial charge is 0.341 e. The second-order valence-electron chi connectivity index (χ2n) is 6.47. The second kappa shape index (κ2) is 8.81. The zero-order chi connectivity index (χ0) is 20.4. The summed E-state index contributed by atoms with van der Waals surface area (Å²) in [7, 11) is 0. The van der Waals surface area contributed by atoms with Crippen LogP contribution in [0.2, 0.25) is 0 Å². The summed E-state index contributed by atoms with van der Waals surface area (Å²) in [5.74, 6) is -8.48. The number of carbonyl (C=O) groups excluding carboxylic acids is 1. The molecule has 1 fully saturated rings. The lowest BCUT2D eigenvalue weighted by Gasteiger charge is -2.19. The topological polar surface area (TPSA) is 44.8 Å². The van der Waals surface area contributed by atoms with Crippen LogP contribution in [-0.4, -0.2) is 25.3 Å². The first-order valence-electron chi connectivity index (χ1n) is 8.68. The SMILES string of the molecule is Cc1c(F)c(F)c(OC2=C(C(=O)OCC3CCCO3)C=C(I)CC2)c(F)c1F. The summed E-state index contributed by atoms with van der Waals surface area (Å²) in [6.07, 6.45) is 3.47. The monoisotopic (exact) mass is 512 g/mol. The number of hydrogen-bond donors (Lipinski definition) is 0. The van der Waals surface area contributed by atoms with Crippen molar-refractivity contribution < 1.29 is 36.6 Å². The van der Waals surface area contributed by atoms with E-state index in [0.29, 0.717) is 13.0 Å². The third-order valence-corrected chi connectivity index (χ3v) is 5.36. The second-order valence-corrected chi connectivity index (χ2v) is 7.86. The fraction of sp³-hybridized carbons (Fsp3) is 0.421. The summed E-state index contributed by atoms with van der Waals surface area (Å²) in [6, 6.07) is 0. The van der Waals surface area contributed by atoms with Crippen molar-refractivity contribution in [3.63, 3.8) is 0 Å². The van der Waals surface area contributed by atoms with E-state index in [1.54, 1.807) is 0 Å². The van der Waals surface area contributed by atoms with E-state index in [9.17, 15) is 22.4 Å². The Balaban J connectivity index is 1.89. The molecule has 1 atom stereocenters. The molecule has 4 nitrogen and oxygen atoms in total. The first-order valence-corrected chi connectivity index (χ1v) is 9.75. The molecule has 3 rings (SSSR count). The molecule has 1 heterocycles. The lowest BCUT2D eigenvalue weighted by molar-refractivity contribution is -0.142. The molecule has 0 bridgehead atoms. The van der Waals surface area contributed by atoms with Crippen LogP contribution in [0.3, 0.4) is 0 Å². The molecular weight excluding hydrogens is 495 g/mol. The normalized spacial score (nSPS) is 19.6. The quantitative estimate of drug-likeness (QED) is 0.241. The Morgan fingerprint density at radius 2 is 1.86 bits per heavy atom. The minimum Gasteiger partial charge on any atom is -0.459 e. The van der Waals surface area contributed by atoms with Gasteiger partial charge in [0.1, 0.15) is 12.4 Å². The Labute approximate surface area is 172 Å². The molecule has 0 spiro atoms. The van der Waals surface area contributed by atoms with Crippen LogP contribution in [0.1, 0.15) is 31.2 Å². The van der Waals surface area contributed by atoms with Gasteiger partial charge < -0.3 is 14.2 Å². The van der Waals surface area contributed by atoms with E-state index in [4.69, 9.17) is 14.2 Å². The van der Waals surface area contributed by atoms with Gasteiger partial charge in [-0.3, -0.25) is 0 Å². The van der Waals surface area contributed by atoms with Crippen LogP contribution in [0.25, 0.3) is 0 Å². The van der Waals surface area contributed by atoms with Gasteiger partial charge in [-0.25, -0.2) is 13.6 Å². The molecule has 0 aromatic heterocycles. The molecule has 0 N–H and O–H groups in total. The average molecular weight is 512 g/mol. The fourth-order valence-electron chi connectivity index (χ4n) is 2.91. The molecule has 1 unspecified atom stereocenters. The van der Waals surface area contributed by atoms with Crippen molar-refractivity contribution >= 4 is 28.6 Å². The molecule has 0 saturated carbocycles. The van der Waals surface area contributed by atoms with Gasteiger partial charge in [-0.1, -0.05) is 0 Å². The Morgan fingerprint density at radius 1 is 1.18 bits per heavy atom. The summed E-state index contributed by atoms with van der Waals surface area (Å²) in [6.45, 7) is 1.55. The molecule has 0 radical (unpaired) electrons. The van der Waals surface area contributed by atoms with Crippen LogP contribution < -0.4 is 4.74 Å². The molecule has 2 aliphatic rings. The van der Waals surface area contributed by atoms with Gasteiger partial charge >= 0.3 is 5.97 Å². The summed E-state index contributed by atoms with van der Waals surface area (Å²) in [4.78, 5) is 12.5. The van der Waals surface area contributed by atoms with Crippen molar-refractivity contribution in [3.05, 3.63) is 49.8 Å². The van der Waals surface area contributed by atoms with E-state index in [0.717, 1.165) is 23.3 Å². The van der Waals surface area contributed by atoms with Gasteiger partial charge in [-0.2, -0.15) is 8.78 Å². The number of allylic oxidation sites excluding steroid dienone is 2. The van der Waals surface area contributed by atoms with Crippen LogP contribution in [-0.2, 0) is 14.3 Å². The molecule has 0 amide bonds. The summed E-state index contributed by atoms with van der Waals surface area (Å²) >= 11 is 2.01. The molecule has 152 valence electrons. The average Bonchev–Trinajstić information content (AvgIpc) is 3.21. The van der Waals surface area contributed by atoms with Gasteiger partial charge in [0.25, 0.3) is 0 Å². The van der Waals surface area contributed by atoms with Crippen molar-refractivity contribution in [2.75, 3.05) is 13.2 Å². The van der Waals surface area contributed by atoms with Gasteiger partial charge in [0, 0.05) is 18.6 Å². The van der Waals surface area contributed by atoms with Crippen LogP contribution in [0.4, 0.5) is 17.6 Å². The van der Waals surface area contributed by atoms with E-state index >= 15 is 0 Å². The highest BCUT2D eigenvalue weighted by molar-refractivity contribution is 14.1. The maximum Gasteiger partial charge on any atom is 0.341 e. The third-order valence-electron chi connectivity index (χ3n) is 4.50. The Hall–Kier alpha value is -1.62. The van der Waals surface area contributed by atoms with Crippen LogP contribution in [0.15, 0.2) is 21.0 Å². The van der Waals surface area contributed by atoms with E-state index in [-0.39, 0.29) is 30.5 Å². The lowest BCUT2D eigenvalue weighted by atomic mass is 10.0. The molecular formula is C19H17F4IO4. The molecule has 1 aliphatic carbocycles. The highest BCUT2D eigenvalue weighted by Gasteiger charge is 2.29. The maximum absolute atomic E-state index is 14.1. The van der Waals surface area contributed by atoms with E-state index in [1.165, 1.54) is 6.08 Å². The van der Waals surface area contributed by atoms with Crippen LogP contribution in [0.5, 0.6) is 5.75 Å². The molecule has 28 heavy (non-hydrogen) atoms. The largest absolute Gasteiger partial charge is 0.459 e. The van der Waals surface area contributed by atoms with Gasteiger partial charge in [0.15, 0.2) is 11.6 Å². The minimum atomic E-state index is -1.65. The number of esters is 1. The Bertz CT molecular complexity index is 831. The molecule has 9 heteroatoms. The van der Waals surface area contributed by atoms with Crippen molar-refractivity contribution in [3.8, 4) is 5.75 Å². The summed E-state index contributed by atoms with van der Waals surface area (Å²) in [5.41, 5.74) is -0.834. The van der Waals surface area contributed by atoms with Gasteiger partial charge in [-0.15, -0.1) is 0 Å². The molecule has 1 aliphatic heterocycles. The zero-order valence-electron chi connectivity index (χ0n) is 14.9. The van der Waals surface area contributed by atoms with Crippen LogP contribution in [0, 0.1) is 30.2 Å². The van der Waals surface area contributed by atoms with Crippen molar-refractivity contribution in [2.45, 2.75) is 38.7 Å².